The molecule has 1 saturated carbocycles. The molecule has 1 aliphatic rings. The van der Waals surface area contributed by atoms with Gasteiger partial charge in [-0.3, -0.25) is 4.79 Å². The molecule has 0 atom stereocenters. The first-order valence-corrected chi connectivity index (χ1v) is 14.3. The molecule has 214 valence electrons. The van der Waals surface area contributed by atoms with Gasteiger partial charge in [-0.2, -0.15) is 0 Å². The average Bonchev–Trinajstić information content (AvgIpc) is 2.91. The van der Waals surface area contributed by atoms with Crippen molar-refractivity contribution in [3.8, 4) is 0 Å². The molecule has 0 aromatic heterocycles. The minimum absolute atomic E-state index is 0.187. The van der Waals surface area contributed by atoms with Crippen molar-refractivity contribution in [2.24, 2.45) is 0 Å². The van der Waals surface area contributed by atoms with Gasteiger partial charge in [-0.05, 0) is 83.3 Å². The van der Waals surface area contributed by atoms with Crippen LogP contribution in [0.1, 0.15) is 76.0 Å². The van der Waals surface area contributed by atoms with E-state index in [1.807, 2.05) is 52.2 Å². The zero-order valence-corrected chi connectivity index (χ0v) is 25.1. The maximum atomic E-state index is 14.6. The Morgan fingerprint density at radius 1 is 1.08 bits per heavy atom. The summed E-state index contributed by atoms with van der Waals surface area (Å²) in [5.74, 6) is -0.546. The number of carbonyl (C=O) groups is 1. The Morgan fingerprint density at radius 2 is 1.72 bits per heavy atom. The summed E-state index contributed by atoms with van der Waals surface area (Å²) < 4.78 is 14.6. The van der Waals surface area contributed by atoms with Crippen molar-refractivity contribution >= 4 is 11.6 Å². The van der Waals surface area contributed by atoms with Gasteiger partial charge in [0.1, 0.15) is 5.82 Å². The molecule has 2 aromatic carbocycles. The summed E-state index contributed by atoms with van der Waals surface area (Å²) in [6, 6.07) is 15.3. The van der Waals surface area contributed by atoms with Crippen LogP contribution >= 0.6 is 0 Å². The van der Waals surface area contributed by atoms with Gasteiger partial charge in [0, 0.05) is 24.4 Å². The summed E-state index contributed by atoms with van der Waals surface area (Å²) >= 11 is 0. The van der Waals surface area contributed by atoms with Gasteiger partial charge in [-0.15, -0.1) is 0 Å². The number of benzene rings is 2. The lowest BCUT2D eigenvalue weighted by Crippen LogP contribution is -2.36. The number of hydrogen-bond acceptors (Lipinski definition) is 3. The predicted octanol–water partition coefficient (Wildman–Crippen LogP) is 7.81. The Morgan fingerprint density at radius 3 is 2.23 bits per heavy atom. The van der Waals surface area contributed by atoms with Gasteiger partial charge in [0.2, 0.25) is 0 Å². The largest absolute Gasteiger partial charge is 0.381 e. The fourth-order valence-corrected chi connectivity index (χ4v) is 3.73. The highest BCUT2D eigenvalue weighted by Crippen LogP contribution is 2.27. The molecule has 1 amide bonds. The van der Waals surface area contributed by atoms with Crippen LogP contribution in [0.4, 0.5) is 4.39 Å². The summed E-state index contributed by atoms with van der Waals surface area (Å²) in [5, 5.41) is 6.03. The standard InChI is InChI=1S/C28H33FN2O.C4H10.C2H7N/c1-4-27(30-18-9-14-23-10-6-5-7-11-23)28(32)31(19-17-24-12-8-13-24)22(3)25-16-15-21(2)20-26(25)29;1-3-4-2;1-3-2/h4-7,10-11,15-17,20,30H,3,8-9,12-14,18-19H2,1-2H3;3-4H2,1-2H3;3H,1-2H3/b27-4+;;. The minimum Gasteiger partial charge on any atom is -0.381 e. The topological polar surface area (TPSA) is 44.4 Å². The second kappa shape index (κ2) is 19.8. The van der Waals surface area contributed by atoms with Gasteiger partial charge in [0.05, 0.1) is 5.70 Å². The van der Waals surface area contributed by atoms with Crippen molar-refractivity contribution in [2.75, 3.05) is 27.2 Å². The molecule has 2 N–H and O–H groups in total. The molecule has 0 heterocycles. The Kier molecular flexibility index (Phi) is 17.2. The van der Waals surface area contributed by atoms with E-state index in [1.54, 1.807) is 17.0 Å². The monoisotopic (exact) mass is 535 g/mol. The van der Waals surface area contributed by atoms with Gasteiger partial charge in [0.15, 0.2) is 0 Å². The Labute approximate surface area is 237 Å². The van der Waals surface area contributed by atoms with Crippen molar-refractivity contribution in [3.05, 3.63) is 101 Å². The summed E-state index contributed by atoms with van der Waals surface area (Å²) in [6.07, 6.45) is 11.7. The van der Waals surface area contributed by atoms with E-state index < -0.39 is 0 Å². The first kappa shape index (κ1) is 33.8. The number of rotatable bonds is 11. The van der Waals surface area contributed by atoms with E-state index in [1.165, 1.54) is 36.5 Å². The van der Waals surface area contributed by atoms with E-state index in [2.05, 4.69) is 49.3 Å². The molecule has 0 aliphatic heterocycles. The molecule has 0 radical (unpaired) electrons. The molecular weight excluding hydrogens is 485 g/mol. The highest BCUT2D eigenvalue weighted by Gasteiger charge is 2.23. The molecule has 4 nitrogen and oxygen atoms in total. The van der Waals surface area contributed by atoms with Crippen molar-refractivity contribution in [2.45, 2.75) is 72.6 Å². The molecular formula is C34H50FN3O. The van der Waals surface area contributed by atoms with Crippen LogP contribution in [-0.2, 0) is 11.2 Å². The third-order valence-electron chi connectivity index (χ3n) is 6.38. The first-order valence-electron chi connectivity index (χ1n) is 14.3. The van der Waals surface area contributed by atoms with Crippen LogP contribution < -0.4 is 10.6 Å². The third kappa shape index (κ3) is 12.5. The molecule has 2 aromatic rings. The Bertz CT molecular complexity index is 1050. The molecule has 0 saturated heterocycles. The number of nitrogens with one attached hydrogen (secondary N) is 2. The van der Waals surface area contributed by atoms with E-state index in [0.29, 0.717) is 30.0 Å². The summed E-state index contributed by atoms with van der Waals surface area (Å²) in [7, 11) is 3.75. The first-order chi connectivity index (χ1) is 18.8. The van der Waals surface area contributed by atoms with Crippen molar-refractivity contribution in [1.29, 1.82) is 0 Å². The van der Waals surface area contributed by atoms with E-state index in [4.69, 9.17) is 0 Å². The van der Waals surface area contributed by atoms with Gasteiger partial charge in [0.25, 0.3) is 5.91 Å². The fraction of sp³-hybridized carbons (Fsp3) is 0.441. The Balaban J connectivity index is 0.000000975. The van der Waals surface area contributed by atoms with Crippen LogP contribution in [-0.4, -0.2) is 38.0 Å². The summed E-state index contributed by atoms with van der Waals surface area (Å²) in [6.45, 7) is 13.2. The summed E-state index contributed by atoms with van der Waals surface area (Å²) in [5.41, 5.74) is 4.71. The number of unbranched alkanes of at least 4 members (excludes halogenated alkanes) is 1. The second-order valence-electron chi connectivity index (χ2n) is 9.78. The maximum absolute atomic E-state index is 14.6. The number of hydrogen-bond donors (Lipinski definition) is 2. The average molecular weight is 536 g/mol. The number of halogens is 1. The van der Waals surface area contributed by atoms with Crippen molar-refractivity contribution in [1.82, 2.24) is 15.5 Å². The smallest absolute Gasteiger partial charge is 0.274 e. The van der Waals surface area contributed by atoms with Crippen molar-refractivity contribution in [3.63, 3.8) is 0 Å². The SMILES string of the molecule is C=C(c1ccc(C)cc1F)N(CC=C1CCC1)C(=O)/C(=C\C)NCCCc1ccccc1.CCCC.CNC. The molecule has 0 spiro atoms. The van der Waals surface area contributed by atoms with E-state index in [0.717, 1.165) is 31.2 Å². The fourth-order valence-electron chi connectivity index (χ4n) is 3.73. The molecule has 1 fully saturated rings. The van der Waals surface area contributed by atoms with Gasteiger partial charge in [-0.1, -0.05) is 87.4 Å². The van der Waals surface area contributed by atoms with Crippen LogP contribution in [0, 0.1) is 12.7 Å². The number of carbonyl (C=O) groups excluding carboxylic acids is 1. The zero-order valence-electron chi connectivity index (χ0n) is 25.1. The highest BCUT2D eigenvalue weighted by atomic mass is 19.1. The molecule has 3 rings (SSSR count). The maximum Gasteiger partial charge on any atom is 0.274 e. The summed E-state index contributed by atoms with van der Waals surface area (Å²) in [4.78, 5) is 15.0. The highest BCUT2D eigenvalue weighted by molar-refractivity contribution is 5.98. The minimum atomic E-state index is -0.359. The third-order valence-corrected chi connectivity index (χ3v) is 6.38. The predicted molar refractivity (Wildman–Crippen MR) is 166 cm³/mol. The van der Waals surface area contributed by atoms with Crippen molar-refractivity contribution < 1.29 is 9.18 Å². The lowest BCUT2D eigenvalue weighted by atomic mass is 9.92. The van der Waals surface area contributed by atoms with E-state index >= 15 is 0 Å². The normalized spacial score (nSPS) is 12.2. The van der Waals surface area contributed by atoms with Crippen LogP contribution in [0.3, 0.4) is 0 Å². The second-order valence-corrected chi connectivity index (χ2v) is 9.78. The molecule has 0 unspecified atom stereocenters. The zero-order chi connectivity index (χ0) is 29.0. The lowest BCUT2D eigenvalue weighted by molar-refractivity contribution is -0.124. The van der Waals surface area contributed by atoms with Crippen LogP contribution in [0.15, 0.2) is 78.5 Å². The van der Waals surface area contributed by atoms with Gasteiger partial charge in [-0.25, -0.2) is 4.39 Å². The van der Waals surface area contributed by atoms with Crippen LogP contribution in [0.5, 0.6) is 0 Å². The van der Waals surface area contributed by atoms with Gasteiger partial charge < -0.3 is 15.5 Å². The number of allylic oxidation sites excluding steroid dienone is 2. The Hall–Kier alpha value is -3.18. The van der Waals surface area contributed by atoms with E-state index in [9.17, 15) is 9.18 Å². The van der Waals surface area contributed by atoms with Gasteiger partial charge >= 0.3 is 0 Å². The van der Waals surface area contributed by atoms with Crippen LogP contribution in [0.2, 0.25) is 0 Å². The number of amides is 1. The molecule has 0 bridgehead atoms. The molecule has 5 heteroatoms. The quantitative estimate of drug-likeness (QED) is 0.175. The number of nitrogens with zero attached hydrogens (tertiary/aromatic N) is 1. The number of aryl methyl sites for hydroxylation is 2. The van der Waals surface area contributed by atoms with Crippen LogP contribution in [0.25, 0.3) is 5.70 Å². The molecule has 1 aliphatic carbocycles. The van der Waals surface area contributed by atoms with E-state index in [-0.39, 0.29) is 11.7 Å². The molecule has 39 heavy (non-hydrogen) atoms. The lowest BCUT2D eigenvalue weighted by Gasteiger charge is -2.27.